The molecule has 0 aliphatic heterocycles. The fraction of sp³-hybridized carbons (Fsp3) is 0. The number of furan rings is 1. The number of carbonyl (C=O) groups is 1. The monoisotopic (exact) mass is 210 g/mol. The molecule has 2 heterocycles. The van der Waals surface area contributed by atoms with Crippen molar-refractivity contribution in [3.8, 4) is 11.5 Å². The molecule has 0 aromatic carbocycles. The second-order valence-electron chi connectivity index (χ2n) is 2.58. The normalized spacial score (nSPS) is 10.3. The highest BCUT2D eigenvalue weighted by molar-refractivity contribution is 7.13. The van der Waals surface area contributed by atoms with Crippen molar-refractivity contribution in [2.24, 2.45) is 0 Å². The molecule has 14 heavy (non-hydrogen) atoms. The quantitative estimate of drug-likeness (QED) is 0.787. The fourth-order valence-corrected chi connectivity index (χ4v) is 1.54. The highest BCUT2D eigenvalue weighted by Crippen LogP contribution is 2.24. The van der Waals surface area contributed by atoms with Crippen molar-refractivity contribution in [3.63, 3.8) is 0 Å². The van der Waals surface area contributed by atoms with E-state index in [1.54, 1.807) is 5.38 Å². The molecule has 0 saturated carbocycles. The fourth-order valence-electron chi connectivity index (χ4n) is 0.983. The molecule has 2 rings (SSSR count). The Kier molecular flexibility index (Phi) is 1.97. The van der Waals surface area contributed by atoms with E-state index in [0.29, 0.717) is 16.6 Å². The Labute approximate surface area is 82.8 Å². The van der Waals surface area contributed by atoms with Crippen LogP contribution in [-0.2, 0) is 0 Å². The molecule has 0 saturated heterocycles. The second-order valence-corrected chi connectivity index (χ2v) is 3.47. The summed E-state index contributed by atoms with van der Waals surface area (Å²) in [7, 11) is 0. The van der Waals surface area contributed by atoms with Gasteiger partial charge >= 0.3 is 5.97 Å². The molecular weight excluding hydrogens is 204 g/mol. The summed E-state index contributed by atoms with van der Waals surface area (Å²) in [4.78, 5) is 14.5. The largest absolute Gasteiger partial charge is 0.478 e. The molecule has 0 radical (unpaired) electrons. The maximum Gasteiger partial charge on any atom is 0.338 e. The van der Waals surface area contributed by atoms with E-state index in [1.807, 2.05) is 0 Å². The second kappa shape index (κ2) is 3.15. The van der Waals surface area contributed by atoms with E-state index in [-0.39, 0.29) is 5.56 Å². The Morgan fingerprint density at radius 1 is 1.64 bits per heavy atom. The minimum absolute atomic E-state index is 0.103. The molecule has 0 spiro atoms. The van der Waals surface area contributed by atoms with Crippen molar-refractivity contribution in [1.82, 2.24) is 4.98 Å². The summed E-state index contributed by atoms with van der Waals surface area (Å²) in [5, 5.41) is 10.8. The molecule has 72 valence electrons. The van der Waals surface area contributed by atoms with Crippen LogP contribution in [0.3, 0.4) is 0 Å². The Morgan fingerprint density at radius 3 is 2.93 bits per heavy atom. The number of nitrogen functional groups attached to an aromatic ring is 1. The average molecular weight is 210 g/mol. The Balaban J connectivity index is 2.38. The molecule has 2 aromatic heterocycles. The van der Waals surface area contributed by atoms with Gasteiger partial charge < -0.3 is 15.3 Å². The molecule has 0 bridgehead atoms. The third-order valence-corrected chi connectivity index (χ3v) is 2.29. The van der Waals surface area contributed by atoms with Crippen LogP contribution in [0.4, 0.5) is 5.13 Å². The lowest BCUT2D eigenvalue weighted by atomic mass is 10.3. The summed E-state index contributed by atoms with van der Waals surface area (Å²) in [5.41, 5.74) is 6.09. The summed E-state index contributed by atoms with van der Waals surface area (Å²) in [5.74, 6) is -0.612. The zero-order chi connectivity index (χ0) is 10.1. The van der Waals surface area contributed by atoms with Gasteiger partial charge in [-0.1, -0.05) is 0 Å². The van der Waals surface area contributed by atoms with Gasteiger partial charge in [-0.15, -0.1) is 11.3 Å². The van der Waals surface area contributed by atoms with Crippen LogP contribution < -0.4 is 5.73 Å². The van der Waals surface area contributed by atoms with Gasteiger partial charge in [-0.3, -0.25) is 0 Å². The lowest BCUT2D eigenvalue weighted by Crippen LogP contribution is -1.91. The standard InChI is InChI=1S/C8H6N2O3S/c9-8-10-5(3-14-8)6-1-4(2-13-6)7(11)12/h1-3H,(H2,9,10)(H,11,12). The molecule has 0 atom stereocenters. The number of nitrogens with zero attached hydrogens (tertiary/aromatic N) is 1. The Bertz CT molecular complexity index is 474. The molecule has 3 N–H and O–H groups in total. The van der Waals surface area contributed by atoms with Crippen LogP contribution in [0.15, 0.2) is 22.1 Å². The van der Waals surface area contributed by atoms with Crippen molar-refractivity contribution in [2.75, 3.05) is 5.73 Å². The van der Waals surface area contributed by atoms with Crippen molar-refractivity contribution in [2.45, 2.75) is 0 Å². The minimum Gasteiger partial charge on any atom is -0.478 e. The summed E-state index contributed by atoms with van der Waals surface area (Å²) in [6.45, 7) is 0. The van der Waals surface area contributed by atoms with Crippen LogP contribution in [0, 0.1) is 0 Å². The molecule has 0 aliphatic carbocycles. The van der Waals surface area contributed by atoms with Gasteiger partial charge in [0.05, 0.1) is 5.56 Å². The van der Waals surface area contributed by atoms with Crippen molar-refractivity contribution < 1.29 is 14.3 Å². The lowest BCUT2D eigenvalue weighted by Gasteiger charge is -1.85. The summed E-state index contributed by atoms with van der Waals surface area (Å²) >= 11 is 1.28. The first-order chi connectivity index (χ1) is 6.66. The van der Waals surface area contributed by atoms with E-state index in [9.17, 15) is 4.79 Å². The summed E-state index contributed by atoms with van der Waals surface area (Å²) in [6, 6.07) is 1.41. The topological polar surface area (TPSA) is 89.3 Å². The average Bonchev–Trinajstić information content (AvgIpc) is 2.70. The van der Waals surface area contributed by atoms with Crippen LogP contribution in [0.5, 0.6) is 0 Å². The predicted molar refractivity (Wildman–Crippen MR) is 51.2 cm³/mol. The minimum atomic E-state index is -1.02. The predicted octanol–water partition coefficient (Wildman–Crippen LogP) is 1.68. The number of nitrogens with two attached hydrogens (primary N) is 1. The molecule has 0 amide bonds. The van der Waals surface area contributed by atoms with E-state index in [0.717, 1.165) is 0 Å². The van der Waals surface area contributed by atoms with Crippen molar-refractivity contribution in [3.05, 3.63) is 23.3 Å². The van der Waals surface area contributed by atoms with Crippen LogP contribution in [-0.4, -0.2) is 16.1 Å². The number of anilines is 1. The van der Waals surface area contributed by atoms with Gasteiger partial charge in [0.1, 0.15) is 12.0 Å². The van der Waals surface area contributed by atoms with Gasteiger partial charge in [-0.05, 0) is 0 Å². The van der Waals surface area contributed by atoms with E-state index in [1.165, 1.54) is 23.7 Å². The third kappa shape index (κ3) is 1.47. The highest BCUT2D eigenvalue weighted by Gasteiger charge is 2.11. The Morgan fingerprint density at radius 2 is 2.43 bits per heavy atom. The smallest absolute Gasteiger partial charge is 0.338 e. The maximum atomic E-state index is 10.5. The van der Waals surface area contributed by atoms with Gasteiger partial charge in [0, 0.05) is 11.4 Å². The van der Waals surface area contributed by atoms with Gasteiger partial charge in [-0.2, -0.15) is 0 Å². The molecule has 5 nitrogen and oxygen atoms in total. The Hall–Kier alpha value is -1.82. The first-order valence-electron chi connectivity index (χ1n) is 3.70. The third-order valence-electron chi connectivity index (χ3n) is 1.62. The number of aromatic nitrogens is 1. The zero-order valence-corrected chi connectivity index (χ0v) is 7.75. The molecule has 6 heteroatoms. The zero-order valence-electron chi connectivity index (χ0n) is 6.93. The van der Waals surface area contributed by atoms with E-state index >= 15 is 0 Å². The van der Waals surface area contributed by atoms with Gasteiger partial charge in [0.25, 0.3) is 0 Å². The number of carboxylic acid groups (broad SMARTS) is 1. The van der Waals surface area contributed by atoms with Crippen molar-refractivity contribution >= 4 is 22.4 Å². The van der Waals surface area contributed by atoms with E-state index < -0.39 is 5.97 Å². The number of hydrogen-bond donors (Lipinski definition) is 2. The first kappa shape index (κ1) is 8.76. The van der Waals surface area contributed by atoms with Crippen LogP contribution in [0.2, 0.25) is 0 Å². The molecule has 2 aromatic rings. The van der Waals surface area contributed by atoms with Gasteiger partial charge in [0.2, 0.25) is 0 Å². The summed E-state index contributed by atoms with van der Waals surface area (Å²) in [6.07, 6.45) is 1.17. The van der Waals surface area contributed by atoms with Crippen LogP contribution >= 0.6 is 11.3 Å². The molecular formula is C8H6N2O3S. The number of carboxylic acids is 1. The maximum absolute atomic E-state index is 10.5. The van der Waals surface area contributed by atoms with Crippen molar-refractivity contribution in [1.29, 1.82) is 0 Å². The SMILES string of the molecule is Nc1nc(-c2cc(C(=O)O)co2)cs1. The number of rotatable bonds is 2. The van der Waals surface area contributed by atoms with Gasteiger partial charge in [0.15, 0.2) is 10.9 Å². The van der Waals surface area contributed by atoms with Gasteiger partial charge in [-0.25, -0.2) is 9.78 Å². The van der Waals surface area contributed by atoms with Crippen LogP contribution in [0.25, 0.3) is 11.5 Å². The first-order valence-corrected chi connectivity index (χ1v) is 4.58. The highest BCUT2D eigenvalue weighted by atomic mass is 32.1. The summed E-state index contributed by atoms with van der Waals surface area (Å²) < 4.78 is 5.03. The lowest BCUT2D eigenvalue weighted by molar-refractivity contribution is 0.0696. The number of thiazole rings is 1. The van der Waals surface area contributed by atoms with E-state index in [2.05, 4.69) is 4.98 Å². The number of hydrogen-bond acceptors (Lipinski definition) is 5. The molecule has 0 fully saturated rings. The van der Waals surface area contributed by atoms with E-state index in [4.69, 9.17) is 15.3 Å². The molecule has 0 unspecified atom stereocenters. The number of aromatic carboxylic acids is 1. The van der Waals surface area contributed by atoms with Crippen LogP contribution in [0.1, 0.15) is 10.4 Å². The molecule has 0 aliphatic rings.